The van der Waals surface area contributed by atoms with Gasteiger partial charge in [0.2, 0.25) is 5.91 Å². The third-order valence-electron chi connectivity index (χ3n) is 13.1. The zero-order valence-electron chi connectivity index (χ0n) is 43.9. The standard InChI is InChI=1S/C60H111NO5/c1-3-5-7-9-11-13-15-28-32-36-40-44-48-52-58(63)57(56-62)61-59(64)53-49-45-41-37-33-30-26-24-22-20-18-17-19-21-23-25-27-31-35-39-43-47-51-55-66-60(65)54-50-46-42-38-34-29-16-14-12-10-8-6-4-2/h14,16-17,19-20,22,48,52,57-58,62-63H,3-13,15,18,21,23-47,49-51,53-56H2,1-2H3,(H,61,64)/b16-14-,19-17-,22-20-,52-48+. The van der Waals surface area contributed by atoms with Crippen LogP contribution in [0.4, 0.5) is 0 Å². The quantitative estimate of drug-likeness (QED) is 0.0321. The number of amides is 1. The number of esters is 1. The molecule has 0 saturated carbocycles. The van der Waals surface area contributed by atoms with Crippen LogP contribution < -0.4 is 5.32 Å². The Kier molecular flexibility index (Phi) is 53.6. The molecule has 0 aromatic heterocycles. The van der Waals surface area contributed by atoms with Crippen molar-refractivity contribution >= 4 is 11.9 Å². The summed E-state index contributed by atoms with van der Waals surface area (Å²) in [6.45, 7) is 4.87. The van der Waals surface area contributed by atoms with Gasteiger partial charge in [0.15, 0.2) is 0 Å². The first-order chi connectivity index (χ1) is 32.5. The second kappa shape index (κ2) is 55.4. The van der Waals surface area contributed by atoms with E-state index >= 15 is 0 Å². The molecule has 6 nitrogen and oxygen atoms in total. The van der Waals surface area contributed by atoms with Gasteiger partial charge in [-0.2, -0.15) is 0 Å². The molecule has 2 atom stereocenters. The largest absolute Gasteiger partial charge is 0.466 e. The Labute approximate surface area is 410 Å². The minimum atomic E-state index is -0.851. The van der Waals surface area contributed by atoms with Crippen molar-refractivity contribution in [3.8, 4) is 0 Å². The van der Waals surface area contributed by atoms with Crippen molar-refractivity contribution in [1.29, 1.82) is 0 Å². The molecule has 0 rings (SSSR count). The molecule has 0 aromatic carbocycles. The van der Waals surface area contributed by atoms with E-state index in [2.05, 4.69) is 55.6 Å². The van der Waals surface area contributed by atoms with Crippen LogP contribution in [-0.2, 0) is 14.3 Å². The summed E-state index contributed by atoms with van der Waals surface area (Å²) in [6, 6.07) is -0.635. The summed E-state index contributed by atoms with van der Waals surface area (Å²) in [5.41, 5.74) is 0. The van der Waals surface area contributed by atoms with Crippen LogP contribution in [0.5, 0.6) is 0 Å². The number of ether oxygens (including phenoxy) is 1. The van der Waals surface area contributed by atoms with Crippen molar-refractivity contribution in [3.05, 3.63) is 48.6 Å². The molecule has 0 aliphatic heterocycles. The maximum Gasteiger partial charge on any atom is 0.305 e. The Bertz CT molecular complexity index is 1110. The minimum absolute atomic E-state index is 0.00340. The lowest BCUT2D eigenvalue weighted by molar-refractivity contribution is -0.143. The normalized spacial score (nSPS) is 13.0. The van der Waals surface area contributed by atoms with E-state index in [-0.39, 0.29) is 18.5 Å². The van der Waals surface area contributed by atoms with Crippen molar-refractivity contribution in [2.75, 3.05) is 13.2 Å². The topological polar surface area (TPSA) is 95.9 Å². The second-order valence-corrected chi connectivity index (χ2v) is 19.6. The minimum Gasteiger partial charge on any atom is -0.466 e. The molecule has 0 saturated heterocycles. The number of unbranched alkanes of at least 4 members (excludes halogenated alkanes) is 36. The van der Waals surface area contributed by atoms with E-state index in [0.29, 0.717) is 19.4 Å². The molecule has 386 valence electrons. The SMILES string of the molecule is CCCCCC/C=C\CCCCCCCC(=O)OCCCCCCCCCCC/C=C\C/C=C\CCCCCCCCCC(=O)NC(CO)C(O)/C=C/CCCCCCCCCCCCC. The number of nitrogens with one attached hydrogen (secondary N) is 1. The lowest BCUT2D eigenvalue weighted by atomic mass is 10.0. The van der Waals surface area contributed by atoms with Gasteiger partial charge in [0.25, 0.3) is 0 Å². The van der Waals surface area contributed by atoms with Crippen molar-refractivity contribution < 1.29 is 24.5 Å². The molecule has 0 aliphatic carbocycles. The summed E-state index contributed by atoms with van der Waals surface area (Å²) in [5.74, 6) is -0.0828. The second-order valence-electron chi connectivity index (χ2n) is 19.6. The van der Waals surface area contributed by atoms with Gasteiger partial charge in [-0.3, -0.25) is 9.59 Å². The van der Waals surface area contributed by atoms with Crippen LogP contribution in [-0.4, -0.2) is 47.4 Å². The van der Waals surface area contributed by atoms with Gasteiger partial charge >= 0.3 is 5.97 Å². The van der Waals surface area contributed by atoms with Crippen LogP contribution in [0, 0.1) is 0 Å². The number of allylic oxidation sites excluding steroid dienone is 7. The highest BCUT2D eigenvalue weighted by Gasteiger charge is 2.18. The predicted molar refractivity (Wildman–Crippen MR) is 287 cm³/mol. The van der Waals surface area contributed by atoms with Crippen molar-refractivity contribution in [3.63, 3.8) is 0 Å². The zero-order valence-corrected chi connectivity index (χ0v) is 43.9. The van der Waals surface area contributed by atoms with Gasteiger partial charge < -0.3 is 20.3 Å². The van der Waals surface area contributed by atoms with Gasteiger partial charge in [-0.15, -0.1) is 0 Å². The van der Waals surface area contributed by atoms with Gasteiger partial charge in [-0.25, -0.2) is 0 Å². The van der Waals surface area contributed by atoms with E-state index in [4.69, 9.17) is 4.74 Å². The molecule has 0 aromatic rings. The Morgan fingerprint density at radius 1 is 0.424 bits per heavy atom. The van der Waals surface area contributed by atoms with E-state index in [9.17, 15) is 19.8 Å². The highest BCUT2D eigenvalue weighted by Crippen LogP contribution is 2.15. The Morgan fingerprint density at radius 2 is 0.758 bits per heavy atom. The molecule has 1 amide bonds. The summed E-state index contributed by atoms with van der Waals surface area (Å²) in [5, 5.41) is 23.0. The first kappa shape index (κ1) is 63.8. The summed E-state index contributed by atoms with van der Waals surface area (Å²) in [7, 11) is 0. The van der Waals surface area contributed by atoms with Crippen molar-refractivity contribution in [2.24, 2.45) is 0 Å². The average Bonchev–Trinajstić information content (AvgIpc) is 3.32. The monoisotopic (exact) mass is 926 g/mol. The molecule has 0 bridgehead atoms. The summed E-state index contributed by atoms with van der Waals surface area (Å²) >= 11 is 0. The molecule has 2 unspecified atom stereocenters. The molecule has 0 aliphatic rings. The Balaban J connectivity index is 3.48. The fourth-order valence-corrected chi connectivity index (χ4v) is 8.60. The van der Waals surface area contributed by atoms with Crippen LogP contribution in [0.3, 0.4) is 0 Å². The predicted octanol–water partition coefficient (Wildman–Crippen LogP) is 17.8. The third-order valence-corrected chi connectivity index (χ3v) is 13.1. The molecular formula is C60H111NO5. The van der Waals surface area contributed by atoms with Gasteiger partial charge in [-0.1, -0.05) is 242 Å². The average molecular weight is 927 g/mol. The molecule has 0 radical (unpaired) electrons. The number of aliphatic hydroxyl groups excluding tert-OH is 2. The highest BCUT2D eigenvalue weighted by atomic mass is 16.5. The number of rotatable bonds is 53. The number of carbonyl (C=O) groups excluding carboxylic acids is 2. The van der Waals surface area contributed by atoms with Crippen LogP contribution in [0.25, 0.3) is 0 Å². The smallest absolute Gasteiger partial charge is 0.305 e. The van der Waals surface area contributed by atoms with E-state index < -0.39 is 12.1 Å². The molecular weight excluding hydrogens is 815 g/mol. The van der Waals surface area contributed by atoms with Gasteiger partial charge in [0, 0.05) is 12.8 Å². The molecule has 6 heteroatoms. The lowest BCUT2D eigenvalue weighted by Gasteiger charge is -2.20. The number of hydrogen-bond acceptors (Lipinski definition) is 5. The number of hydrogen-bond donors (Lipinski definition) is 3. The van der Waals surface area contributed by atoms with E-state index in [1.165, 1.54) is 205 Å². The first-order valence-electron chi connectivity index (χ1n) is 28.9. The fraction of sp³-hybridized carbons (Fsp3) is 0.833. The van der Waals surface area contributed by atoms with Crippen molar-refractivity contribution in [2.45, 2.75) is 309 Å². The van der Waals surface area contributed by atoms with Crippen molar-refractivity contribution in [1.82, 2.24) is 5.32 Å². The maximum absolute atomic E-state index is 12.4. The first-order valence-corrected chi connectivity index (χ1v) is 28.9. The molecule has 0 heterocycles. The fourth-order valence-electron chi connectivity index (χ4n) is 8.60. The van der Waals surface area contributed by atoms with E-state index in [0.717, 1.165) is 64.2 Å². The van der Waals surface area contributed by atoms with E-state index in [1.807, 2.05) is 6.08 Å². The van der Waals surface area contributed by atoms with E-state index in [1.54, 1.807) is 6.08 Å². The summed E-state index contributed by atoms with van der Waals surface area (Å²) in [6.07, 6.45) is 69.9. The van der Waals surface area contributed by atoms with Crippen LogP contribution >= 0.6 is 0 Å². The maximum atomic E-state index is 12.4. The van der Waals surface area contributed by atoms with Gasteiger partial charge in [0.05, 0.1) is 25.4 Å². The highest BCUT2D eigenvalue weighted by molar-refractivity contribution is 5.76. The Hall–Kier alpha value is -2.18. The lowest BCUT2D eigenvalue weighted by Crippen LogP contribution is -2.45. The summed E-state index contributed by atoms with van der Waals surface area (Å²) in [4.78, 5) is 24.4. The molecule has 66 heavy (non-hydrogen) atoms. The van der Waals surface area contributed by atoms with Gasteiger partial charge in [0.1, 0.15) is 0 Å². The van der Waals surface area contributed by atoms with Crippen LogP contribution in [0.1, 0.15) is 296 Å². The zero-order chi connectivity index (χ0) is 47.9. The third kappa shape index (κ3) is 51.2. The molecule has 3 N–H and O–H groups in total. The van der Waals surface area contributed by atoms with Crippen LogP contribution in [0.2, 0.25) is 0 Å². The summed E-state index contributed by atoms with van der Waals surface area (Å²) < 4.78 is 5.46. The molecule has 0 fully saturated rings. The Morgan fingerprint density at radius 3 is 1.18 bits per heavy atom. The number of aliphatic hydroxyl groups is 2. The molecule has 0 spiro atoms. The number of carbonyl (C=O) groups is 2. The van der Waals surface area contributed by atoms with Crippen LogP contribution in [0.15, 0.2) is 48.6 Å². The van der Waals surface area contributed by atoms with Gasteiger partial charge in [-0.05, 0) is 89.9 Å².